The lowest BCUT2D eigenvalue weighted by Gasteiger charge is -2.16. The molecule has 15 heavy (non-hydrogen) atoms. The molecular formula is C10H10Cl2O3. The third-order valence-electron chi connectivity index (χ3n) is 1.94. The maximum absolute atomic E-state index is 10.5. The number of aliphatic hydroxyl groups excluding tert-OH is 2. The first kappa shape index (κ1) is 12.5. The number of carbonyl (C=O) groups excluding carboxylic acids is 1. The maximum atomic E-state index is 10.5. The van der Waals surface area contributed by atoms with Crippen LogP contribution >= 0.6 is 23.2 Å². The van der Waals surface area contributed by atoms with Gasteiger partial charge in [0.2, 0.25) is 0 Å². The van der Waals surface area contributed by atoms with Crippen LogP contribution in [0.25, 0.3) is 0 Å². The summed E-state index contributed by atoms with van der Waals surface area (Å²) < 4.78 is 0. The second-order valence-electron chi connectivity index (χ2n) is 3.10. The number of benzene rings is 1. The van der Waals surface area contributed by atoms with E-state index in [0.29, 0.717) is 22.4 Å². The molecule has 5 heteroatoms. The van der Waals surface area contributed by atoms with E-state index in [4.69, 9.17) is 23.2 Å². The second kappa shape index (κ2) is 5.47. The molecule has 0 aliphatic carbocycles. The summed E-state index contributed by atoms with van der Waals surface area (Å²) in [4.78, 5) is 10.5. The first-order valence-corrected chi connectivity index (χ1v) is 5.17. The number of hydrogen-bond donors (Lipinski definition) is 2. The highest BCUT2D eigenvalue weighted by atomic mass is 35.5. The van der Waals surface area contributed by atoms with E-state index >= 15 is 0 Å². The summed E-state index contributed by atoms with van der Waals surface area (Å²) >= 11 is 11.1. The van der Waals surface area contributed by atoms with Crippen LogP contribution in [0.2, 0.25) is 5.02 Å². The number of aldehydes is 1. The van der Waals surface area contributed by atoms with Crippen molar-refractivity contribution < 1.29 is 15.0 Å². The number of carbonyl (C=O) groups is 1. The van der Waals surface area contributed by atoms with Gasteiger partial charge in [-0.05, 0) is 23.8 Å². The Balaban J connectivity index is 3.02. The molecule has 3 nitrogen and oxygen atoms in total. The molecule has 1 aromatic rings. The predicted octanol–water partition coefficient (Wildman–Crippen LogP) is 1.79. The lowest BCUT2D eigenvalue weighted by Crippen LogP contribution is -2.19. The zero-order valence-electron chi connectivity index (χ0n) is 7.73. The van der Waals surface area contributed by atoms with Crippen LogP contribution in [0.3, 0.4) is 0 Å². The predicted molar refractivity (Wildman–Crippen MR) is 58.5 cm³/mol. The molecule has 0 spiro atoms. The van der Waals surface area contributed by atoms with Crippen LogP contribution in [0, 0.1) is 0 Å². The molecule has 0 heterocycles. The van der Waals surface area contributed by atoms with Gasteiger partial charge in [0.15, 0.2) is 0 Å². The first-order valence-electron chi connectivity index (χ1n) is 4.26. The average Bonchev–Trinajstić information content (AvgIpc) is 2.26. The molecule has 0 aliphatic rings. The fourth-order valence-corrected chi connectivity index (χ4v) is 1.60. The van der Waals surface area contributed by atoms with Gasteiger partial charge in [-0.1, -0.05) is 11.6 Å². The summed E-state index contributed by atoms with van der Waals surface area (Å²) in [5, 5.41) is 19.3. The van der Waals surface area contributed by atoms with Crippen LogP contribution in [0.4, 0.5) is 0 Å². The van der Waals surface area contributed by atoms with Gasteiger partial charge in [0.05, 0.1) is 12.0 Å². The molecule has 2 unspecified atom stereocenters. The monoisotopic (exact) mass is 248 g/mol. The molecule has 0 amide bonds. The SMILES string of the molecule is O=Cc1cc(Cl)cc(C(O)C(O)CCl)c1. The van der Waals surface area contributed by atoms with Gasteiger partial charge in [0.25, 0.3) is 0 Å². The van der Waals surface area contributed by atoms with Crippen molar-refractivity contribution in [2.75, 3.05) is 5.88 Å². The molecule has 0 saturated heterocycles. The van der Waals surface area contributed by atoms with Gasteiger partial charge < -0.3 is 10.2 Å². The molecule has 0 fully saturated rings. The fourth-order valence-electron chi connectivity index (χ4n) is 1.18. The smallest absolute Gasteiger partial charge is 0.150 e. The van der Waals surface area contributed by atoms with Crippen molar-refractivity contribution in [2.45, 2.75) is 12.2 Å². The van der Waals surface area contributed by atoms with Gasteiger partial charge in [-0.15, -0.1) is 11.6 Å². The Morgan fingerprint density at radius 2 is 2.00 bits per heavy atom. The van der Waals surface area contributed by atoms with Crippen molar-refractivity contribution in [1.29, 1.82) is 0 Å². The summed E-state index contributed by atoms with van der Waals surface area (Å²) in [7, 11) is 0. The molecule has 0 aliphatic heterocycles. The van der Waals surface area contributed by atoms with Gasteiger partial charge in [-0.25, -0.2) is 0 Å². The number of halogens is 2. The van der Waals surface area contributed by atoms with Crippen molar-refractivity contribution in [2.24, 2.45) is 0 Å². The van der Waals surface area contributed by atoms with Gasteiger partial charge in [0, 0.05) is 10.6 Å². The van der Waals surface area contributed by atoms with Crippen molar-refractivity contribution in [3.8, 4) is 0 Å². The molecule has 0 radical (unpaired) electrons. The summed E-state index contributed by atoms with van der Waals surface area (Å²) in [5.74, 6) is -0.0932. The minimum Gasteiger partial charge on any atom is -0.389 e. The van der Waals surface area contributed by atoms with Gasteiger partial charge in [-0.3, -0.25) is 4.79 Å². The molecule has 1 aromatic carbocycles. The lowest BCUT2D eigenvalue weighted by atomic mass is 10.0. The topological polar surface area (TPSA) is 57.5 Å². The van der Waals surface area contributed by atoms with Crippen molar-refractivity contribution >= 4 is 29.5 Å². The Hall–Kier alpha value is -0.610. The fraction of sp³-hybridized carbons (Fsp3) is 0.300. The zero-order valence-corrected chi connectivity index (χ0v) is 9.24. The third kappa shape index (κ3) is 3.18. The lowest BCUT2D eigenvalue weighted by molar-refractivity contribution is 0.0327. The normalized spacial score (nSPS) is 14.7. The standard InChI is InChI=1S/C10H10Cl2O3/c11-4-9(14)10(15)7-1-6(5-13)2-8(12)3-7/h1-3,5,9-10,14-15H,4H2. The molecule has 0 bridgehead atoms. The molecule has 1 rings (SSSR count). The van der Waals surface area contributed by atoms with E-state index in [2.05, 4.69) is 0 Å². The van der Waals surface area contributed by atoms with Crippen LogP contribution in [0.5, 0.6) is 0 Å². The van der Waals surface area contributed by atoms with E-state index in [1.54, 1.807) is 0 Å². The average molecular weight is 249 g/mol. The number of hydrogen-bond acceptors (Lipinski definition) is 3. The third-order valence-corrected chi connectivity index (χ3v) is 2.48. The Bertz CT molecular complexity index is 355. The van der Waals surface area contributed by atoms with E-state index in [1.165, 1.54) is 18.2 Å². The molecule has 2 atom stereocenters. The highest BCUT2D eigenvalue weighted by Gasteiger charge is 2.18. The van der Waals surface area contributed by atoms with E-state index in [0.717, 1.165) is 0 Å². The highest BCUT2D eigenvalue weighted by Crippen LogP contribution is 2.22. The summed E-state index contributed by atoms with van der Waals surface area (Å²) in [6.45, 7) is 0. The Kier molecular flexibility index (Phi) is 4.54. The summed E-state index contributed by atoms with van der Waals surface area (Å²) in [6, 6.07) is 4.41. The van der Waals surface area contributed by atoms with Gasteiger partial charge in [0.1, 0.15) is 12.4 Å². The highest BCUT2D eigenvalue weighted by molar-refractivity contribution is 6.30. The zero-order chi connectivity index (χ0) is 11.4. The Labute approximate surface area is 97.2 Å². The van der Waals surface area contributed by atoms with Crippen LogP contribution < -0.4 is 0 Å². The largest absolute Gasteiger partial charge is 0.389 e. The molecule has 82 valence electrons. The quantitative estimate of drug-likeness (QED) is 0.631. The maximum Gasteiger partial charge on any atom is 0.150 e. The molecule has 0 saturated carbocycles. The van der Waals surface area contributed by atoms with Crippen LogP contribution in [-0.2, 0) is 0 Å². The van der Waals surface area contributed by atoms with E-state index < -0.39 is 12.2 Å². The minimum absolute atomic E-state index is 0.0932. The van der Waals surface area contributed by atoms with Crippen LogP contribution in [0.1, 0.15) is 22.0 Å². The van der Waals surface area contributed by atoms with Gasteiger partial charge >= 0.3 is 0 Å². The van der Waals surface area contributed by atoms with Crippen LogP contribution in [0.15, 0.2) is 18.2 Å². The second-order valence-corrected chi connectivity index (χ2v) is 3.85. The van der Waals surface area contributed by atoms with Crippen molar-refractivity contribution in [3.63, 3.8) is 0 Å². The van der Waals surface area contributed by atoms with E-state index in [1.807, 2.05) is 0 Å². The number of rotatable bonds is 4. The summed E-state index contributed by atoms with van der Waals surface area (Å²) in [5.41, 5.74) is 0.719. The summed E-state index contributed by atoms with van der Waals surface area (Å²) in [6.07, 6.45) is -1.60. The minimum atomic E-state index is -1.14. The molecule has 2 N–H and O–H groups in total. The Morgan fingerprint density at radius 3 is 2.53 bits per heavy atom. The van der Waals surface area contributed by atoms with E-state index in [9.17, 15) is 15.0 Å². The van der Waals surface area contributed by atoms with Crippen molar-refractivity contribution in [3.05, 3.63) is 34.3 Å². The van der Waals surface area contributed by atoms with E-state index in [-0.39, 0.29) is 5.88 Å². The Morgan fingerprint density at radius 1 is 1.33 bits per heavy atom. The van der Waals surface area contributed by atoms with Gasteiger partial charge in [-0.2, -0.15) is 0 Å². The number of alkyl halides is 1. The van der Waals surface area contributed by atoms with Crippen molar-refractivity contribution in [1.82, 2.24) is 0 Å². The molecular weight excluding hydrogens is 239 g/mol. The molecule has 0 aromatic heterocycles. The number of aliphatic hydroxyl groups is 2. The van der Waals surface area contributed by atoms with Crippen LogP contribution in [-0.4, -0.2) is 28.5 Å². The first-order chi connectivity index (χ1) is 7.08.